The highest BCUT2D eigenvalue weighted by Crippen LogP contribution is 2.19. The van der Waals surface area contributed by atoms with E-state index in [4.69, 9.17) is 10.8 Å². The van der Waals surface area contributed by atoms with Gasteiger partial charge in [-0.05, 0) is 26.1 Å². The highest BCUT2D eigenvalue weighted by atomic mass is 16.4. The number of carbonyl (C=O) groups is 1. The standard InChI is InChI=1S/C13H22N4O2/c1-8(2)11(7-17(3)4)16-12-10(14)5-9(6-15-12)13(18)19/h5-6,8,11H,7,14H2,1-4H3,(H,15,16)(H,18,19). The second-order valence-electron chi connectivity index (χ2n) is 5.22. The number of nitrogen functional groups attached to an aromatic ring is 1. The van der Waals surface area contributed by atoms with Gasteiger partial charge >= 0.3 is 5.97 Å². The van der Waals surface area contributed by atoms with Crippen LogP contribution in [0.4, 0.5) is 11.5 Å². The number of hydrogen-bond donors (Lipinski definition) is 3. The van der Waals surface area contributed by atoms with Gasteiger partial charge in [-0.25, -0.2) is 9.78 Å². The lowest BCUT2D eigenvalue weighted by molar-refractivity contribution is 0.0696. The minimum Gasteiger partial charge on any atom is -0.478 e. The third-order valence-corrected chi connectivity index (χ3v) is 2.85. The van der Waals surface area contributed by atoms with Gasteiger partial charge in [0.05, 0.1) is 11.3 Å². The van der Waals surface area contributed by atoms with Gasteiger partial charge in [0.2, 0.25) is 0 Å². The maximum atomic E-state index is 10.8. The van der Waals surface area contributed by atoms with Gasteiger partial charge in [0.25, 0.3) is 0 Å². The van der Waals surface area contributed by atoms with E-state index in [2.05, 4.69) is 29.0 Å². The summed E-state index contributed by atoms with van der Waals surface area (Å²) < 4.78 is 0. The topological polar surface area (TPSA) is 91.5 Å². The van der Waals surface area contributed by atoms with E-state index >= 15 is 0 Å². The fourth-order valence-electron chi connectivity index (χ4n) is 1.71. The molecule has 4 N–H and O–H groups in total. The summed E-state index contributed by atoms with van der Waals surface area (Å²) in [5.41, 5.74) is 6.28. The number of aromatic carboxylic acids is 1. The summed E-state index contributed by atoms with van der Waals surface area (Å²) in [5.74, 6) is -0.0900. The summed E-state index contributed by atoms with van der Waals surface area (Å²) in [6, 6.07) is 1.62. The van der Waals surface area contributed by atoms with Crippen LogP contribution in [0.5, 0.6) is 0 Å². The Kier molecular flexibility index (Phi) is 5.11. The molecular formula is C13H22N4O2. The van der Waals surface area contributed by atoms with Gasteiger partial charge in [-0.3, -0.25) is 0 Å². The number of rotatable bonds is 6. The number of pyridine rings is 1. The molecule has 0 fully saturated rings. The van der Waals surface area contributed by atoms with Crippen LogP contribution in [0.2, 0.25) is 0 Å². The van der Waals surface area contributed by atoms with E-state index in [1.54, 1.807) is 0 Å². The van der Waals surface area contributed by atoms with Crippen molar-refractivity contribution < 1.29 is 9.90 Å². The monoisotopic (exact) mass is 266 g/mol. The Bertz CT molecular complexity index is 446. The number of likely N-dealkylation sites (N-methyl/N-ethyl adjacent to an activating group) is 1. The number of anilines is 2. The quantitative estimate of drug-likeness (QED) is 0.720. The van der Waals surface area contributed by atoms with E-state index in [9.17, 15) is 4.79 Å². The van der Waals surface area contributed by atoms with Crippen molar-refractivity contribution in [2.45, 2.75) is 19.9 Å². The van der Waals surface area contributed by atoms with Crippen molar-refractivity contribution in [3.63, 3.8) is 0 Å². The van der Waals surface area contributed by atoms with Crippen molar-refractivity contribution in [2.24, 2.45) is 5.92 Å². The van der Waals surface area contributed by atoms with Crippen LogP contribution >= 0.6 is 0 Å². The summed E-state index contributed by atoms with van der Waals surface area (Å²) in [6.07, 6.45) is 1.31. The molecule has 0 saturated heterocycles. The summed E-state index contributed by atoms with van der Waals surface area (Å²) in [7, 11) is 4.00. The second-order valence-corrected chi connectivity index (χ2v) is 5.22. The minimum absolute atomic E-state index is 0.0942. The summed E-state index contributed by atoms with van der Waals surface area (Å²) in [5, 5.41) is 12.1. The Morgan fingerprint density at radius 2 is 2.16 bits per heavy atom. The molecule has 1 aromatic heterocycles. The molecular weight excluding hydrogens is 244 g/mol. The molecule has 19 heavy (non-hydrogen) atoms. The van der Waals surface area contributed by atoms with Gasteiger partial charge in [-0.15, -0.1) is 0 Å². The Labute approximate surface area is 113 Å². The fraction of sp³-hybridized carbons (Fsp3) is 0.538. The van der Waals surface area contributed by atoms with Gasteiger partial charge in [0.1, 0.15) is 5.82 Å². The lowest BCUT2D eigenvalue weighted by Crippen LogP contribution is -2.36. The van der Waals surface area contributed by atoms with Crippen LogP contribution in [-0.4, -0.2) is 47.6 Å². The van der Waals surface area contributed by atoms with Crippen LogP contribution in [0.3, 0.4) is 0 Å². The molecule has 0 aliphatic heterocycles. The molecule has 6 nitrogen and oxygen atoms in total. The molecule has 0 amide bonds. The average molecular weight is 266 g/mol. The van der Waals surface area contributed by atoms with Gasteiger partial charge in [-0.2, -0.15) is 0 Å². The van der Waals surface area contributed by atoms with Crippen LogP contribution < -0.4 is 11.1 Å². The minimum atomic E-state index is -1.03. The van der Waals surface area contributed by atoms with Crippen molar-refractivity contribution in [2.75, 3.05) is 31.7 Å². The number of nitrogens with two attached hydrogens (primary N) is 1. The van der Waals surface area contributed by atoms with Crippen LogP contribution in [0, 0.1) is 5.92 Å². The number of carboxylic acids is 1. The summed E-state index contributed by atoms with van der Waals surface area (Å²) in [6.45, 7) is 5.07. The molecule has 0 aliphatic carbocycles. The maximum Gasteiger partial charge on any atom is 0.337 e. The molecule has 1 unspecified atom stereocenters. The predicted octanol–water partition coefficient (Wildman–Crippen LogP) is 1.36. The zero-order valence-electron chi connectivity index (χ0n) is 11.8. The number of carboxylic acid groups (broad SMARTS) is 1. The second kappa shape index (κ2) is 6.38. The van der Waals surface area contributed by atoms with E-state index in [0.717, 1.165) is 6.54 Å². The highest BCUT2D eigenvalue weighted by molar-refractivity contribution is 5.89. The van der Waals surface area contributed by atoms with Crippen LogP contribution in [0.25, 0.3) is 0 Å². The first-order valence-electron chi connectivity index (χ1n) is 6.21. The normalized spacial score (nSPS) is 12.7. The zero-order chi connectivity index (χ0) is 14.6. The third kappa shape index (κ3) is 4.40. The molecule has 1 atom stereocenters. The number of nitrogens with zero attached hydrogens (tertiary/aromatic N) is 2. The van der Waals surface area contributed by atoms with Crippen molar-refractivity contribution in [3.05, 3.63) is 17.8 Å². The molecule has 0 saturated carbocycles. The summed E-state index contributed by atoms with van der Waals surface area (Å²) in [4.78, 5) is 17.0. The Morgan fingerprint density at radius 3 is 2.58 bits per heavy atom. The molecule has 0 aromatic carbocycles. The van der Waals surface area contributed by atoms with Gasteiger partial charge in [-0.1, -0.05) is 13.8 Å². The van der Waals surface area contributed by atoms with E-state index in [0.29, 0.717) is 17.4 Å². The number of hydrogen-bond acceptors (Lipinski definition) is 5. The lowest BCUT2D eigenvalue weighted by Gasteiger charge is -2.26. The average Bonchev–Trinajstić information content (AvgIpc) is 2.29. The summed E-state index contributed by atoms with van der Waals surface area (Å²) >= 11 is 0. The van der Waals surface area contributed by atoms with E-state index < -0.39 is 5.97 Å². The Morgan fingerprint density at radius 1 is 1.53 bits per heavy atom. The maximum absolute atomic E-state index is 10.8. The van der Waals surface area contributed by atoms with Crippen molar-refractivity contribution >= 4 is 17.5 Å². The third-order valence-electron chi connectivity index (χ3n) is 2.85. The van der Waals surface area contributed by atoms with Crippen molar-refractivity contribution in [1.29, 1.82) is 0 Å². The molecule has 6 heteroatoms. The molecule has 0 spiro atoms. The number of nitrogens with one attached hydrogen (secondary N) is 1. The molecule has 0 radical (unpaired) electrons. The SMILES string of the molecule is CC(C)C(CN(C)C)Nc1ncc(C(=O)O)cc1N. The molecule has 1 rings (SSSR count). The first-order valence-corrected chi connectivity index (χ1v) is 6.21. The van der Waals surface area contributed by atoms with E-state index in [-0.39, 0.29) is 11.6 Å². The fourth-order valence-corrected chi connectivity index (χ4v) is 1.71. The Hall–Kier alpha value is -1.82. The predicted molar refractivity (Wildman–Crippen MR) is 76.4 cm³/mol. The smallest absolute Gasteiger partial charge is 0.337 e. The highest BCUT2D eigenvalue weighted by Gasteiger charge is 2.16. The van der Waals surface area contributed by atoms with E-state index in [1.807, 2.05) is 14.1 Å². The zero-order valence-corrected chi connectivity index (χ0v) is 11.8. The van der Waals surface area contributed by atoms with Crippen LogP contribution in [0.15, 0.2) is 12.3 Å². The molecule has 106 valence electrons. The largest absolute Gasteiger partial charge is 0.478 e. The lowest BCUT2D eigenvalue weighted by atomic mass is 10.0. The molecule has 0 bridgehead atoms. The first-order chi connectivity index (χ1) is 8.81. The van der Waals surface area contributed by atoms with Gasteiger partial charge in [0.15, 0.2) is 0 Å². The molecule has 1 aromatic rings. The van der Waals surface area contributed by atoms with Gasteiger partial charge < -0.3 is 21.1 Å². The van der Waals surface area contributed by atoms with Gasteiger partial charge in [0, 0.05) is 18.8 Å². The van der Waals surface area contributed by atoms with Crippen molar-refractivity contribution in [3.8, 4) is 0 Å². The first kappa shape index (κ1) is 15.2. The van der Waals surface area contributed by atoms with Crippen LogP contribution in [0.1, 0.15) is 24.2 Å². The molecule has 1 heterocycles. The van der Waals surface area contributed by atoms with Crippen LogP contribution in [-0.2, 0) is 0 Å². The van der Waals surface area contributed by atoms with E-state index in [1.165, 1.54) is 12.3 Å². The Balaban J connectivity index is 2.88. The molecule has 0 aliphatic rings. The number of aromatic nitrogens is 1. The van der Waals surface area contributed by atoms with Crippen molar-refractivity contribution in [1.82, 2.24) is 9.88 Å².